The van der Waals surface area contributed by atoms with Crippen LogP contribution in [-0.2, 0) is 28.3 Å². The molecule has 0 aliphatic heterocycles. The van der Waals surface area contributed by atoms with Gasteiger partial charge in [-0.05, 0) is 41.8 Å². The van der Waals surface area contributed by atoms with Crippen molar-refractivity contribution >= 4 is 35.2 Å². The molecule has 1 N–H and O–H groups in total. The second kappa shape index (κ2) is 14.0. The Balaban J connectivity index is 1.84. The summed E-state index contributed by atoms with van der Waals surface area (Å²) in [5.41, 5.74) is 1.95. The van der Waals surface area contributed by atoms with Gasteiger partial charge in [0.1, 0.15) is 17.7 Å². The van der Waals surface area contributed by atoms with Crippen molar-refractivity contribution in [3.8, 4) is 0 Å². The van der Waals surface area contributed by atoms with Gasteiger partial charge in [-0.15, -0.1) is 11.8 Å². The van der Waals surface area contributed by atoms with Crippen molar-refractivity contribution in [1.29, 1.82) is 0 Å². The maximum atomic E-state index is 14.2. The molecule has 190 valence electrons. The lowest BCUT2D eigenvalue weighted by molar-refractivity contribution is -0.139. The van der Waals surface area contributed by atoms with Crippen LogP contribution in [0, 0.1) is 11.6 Å². The van der Waals surface area contributed by atoms with Crippen molar-refractivity contribution in [2.75, 3.05) is 12.3 Å². The second-order valence-electron chi connectivity index (χ2n) is 8.34. The summed E-state index contributed by atoms with van der Waals surface area (Å²) in [6.45, 7) is 2.58. The minimum absolute atomic E-state index is 0.0260. The number of nitrogens with zero attached hydrogens (tertiary/aromatic N) is 1. The number of nitrogens with one attached hydrogen (secondary N) is 1. The van der Waals surface area contributed by atoms with E-state index in [1.807, 2.05) is 37.3 Å². The molecule has 1 unspecified atom stereocenters. The summed E-state index contributed by atoms with van der Waals surface area (Å²) in [4.78, 5) is 28.3. The first-order chi connectivity index (χ1) is 17.4. The lowest BCUT2D eigenvalue weighted by atomic mass is 10.0. The number of hydrogen-bond acceptors (Lipinski definition) is 3. The lowest BCUT2D eigenvalue weighted by Gasteiger charge is -2.31. The predicted octanol–water partition coefficient (Wildman–Crippen LogP) is 6.02. The molecule has 0 aliphatic rings. The Kier molecular flexibility index (Phi) is 10.8. The molecule has 0 spiro atoms. The fourth-order valence-corrected chi connectivity index (χ4v) is 4.95. The summed E-state index contributed by atoms with van der Waals surface area (Å²) < 4.78 is 27.7. The van der Waals surface area contributed by atoms with Crippen LogP contribution < -0.4 is 5.32 Å². The molecule has 0 saturated heterocycles. The van der Waals surface area contributed by atoms with Gasteiger partial charge in [-0.25, -0.2) is 8.78 Å². The Morgan fingerprint density at radius 1 is 0.972 bits per heavy atom. The molecule has 0 aromatic heterocycles. The third-order valence-corrected chi connectivity index (χ3v) is 6.92. The highest BCUT2D eigenvalue weighted by atomic mass is 35.5. The zero-order chi connectivity index (χ0) is 25.9. The van der Waals surface area contributed by atoms with E-state index in [-0.39, 0.29) is 35.7 Å². The first-order valence-electron chi connectivity index (χ1n) is 11.7. The molecule has 0 heterocycles. The van der Waals surface area contributed by atoms with Crippen LogP contribution in [0.2, 0.25) is 5.02 Å². The van der Waals surface area contributed by atoms with Crippen LogP contribution in [0.5, 0.6) is 0 Å². The molecule has 3 aromatic carbocycles. The van der Waals surface area contributed by atoms with Crippen molar-refractivity contribution in [2.45, 2.75) is 38.1 Å². The molecule has 0 fully saturated rings. The van der Waals surface area contributed by atoms with Crippen molar-refractivity contribution in [1.82, 2.24) is 10.2 Å². The lowest BCUT2D eigenvalue weighted by Crippen LogP contribution is -2.51. The Morgan fingerprint density at radius 3 is 2.36 bits per heavy atom. The van der Waals surface area contributed by atoms with Gasteiger partial charge in [-0.1, -0.05) is 67.1 Å². The van der Waals surface area contributed by atoms with E-state index in [9.17, 15) is 18.4 Å². The van der Waals surface area contributed by atoms with E-state index in [2.05, 4.69) is 5.32 Å². The molecule has 0 radical (unpaired) electrons. The molecule has 0 saturated carbocycles. The SMILES string of the molecule is CCCNC(=O)C(Cc1ccccc1)N(Cc1ccc(F)cc1)C(=O)CSCc1c(F)cccc1Cl. The van der Waals surface area contributed by atoms with Crippen LogP contribution in [0.15, 0.2) is 72.8 Å². The number of hydrogen-bond donors (Lipinski definition) is 1. The molecule has 8 heteroatoms. The van der Waals surface area contributed by atoms with Crippen LogP contribution in [0.4, 0.5) is 8.78 Å². The number of thioether (sulfide) groups is 1. The van der Waals surface area contributed by atoms with Gasteiger partial charge < -0.3 is 10.2 Å². The summed E-state index contributed by atoms with van der Waals surface area (Å²) in [5.74, 6) is -1.09. The number of rotatable bonds is 12. The van der Waals surface area contributed by atoms with Crippen LogP contribution in [0.3, 0.4) is 0 Å². The summed E-state index contributed by atoms with van der Waals surface area (Å²) in [6.07, 6.45) is 1.09. The van der Waals surface area contributed by atoms with Gasteiger partial charge in [-0.2, -0.15) is 0 Å². The van der Waals surface area contributed by atoms with Gasteiger partial charge in [0.15, 0.2) is 0 Å². The maximum absolute atomic E-state index is 14.2. The van der Waals surface area contributed by atoms with Crippen LogP contribution >= 0.6 is 23.4 Å². The van der Waals surface area contributed by atoms with E-state index in [1.54, 1.807) is 18.2 Å². The minimum Gasteiger partial charge on any atom is -0.354 e. The number of amides is 2. The Bertz CT molecular complexity index is 1130. The van der Waals surface area contributed by atoms with E-state index in [0.29, 0.717) is 29.1 Å². The first kappa shape index (κ1) is 27.7. The second-order valence-corrected chi connectivity index (χ2v) is 9.73. The molecular formula is C28H29ClF2N2O2S. The van der Waals surface area contributed by atoms with Gasteiger partial charge >= 0.3 is 0 Å². The Labute approximate surface area is 220 Å². The van der Waals surface area contributed by atoms with Crippen LogP contribution in [-0.4, -0.2) is 35.1 Å². The minimum atomic E-state index is -0.769. The maximum Gasteiger partial charge on any atom is 0.243 e. The summed E-state index contributed by atoms with van der Waals surface area (Å²) in [7, 11) is 0. The van der Waals surface area contributed by atoms with E-state index < -0.39 is 11.9 Å². The smallest absolute Gasteiger partial charge is 0.243 e. The summed E-state index contributed by atoms with van der Waals surface area (Å²) in [6, 6.07) is 19.1. The van der Waals surface area contributed by atoms with Gasteiger partial charge in [-0.3, -0.25) is 9.59 Å². The van der Waals surface area contributed by atoms with Gasteiger partial charge in [0.05, 0.1) is 5.75 Å². The molecule has 1 atom stereocenters. The summed E-state index contributed by atoms with van der Waals surface area (Å²) >= 11 is 7.36. The Morgan fingerprint density at radius 2 is 1.69 bits per heavy atom. The first-order valence-corrected chi connectivity index (χ1v) is 13.3. The van der Waals surface area contributed by atoms with Crippen molar-refractivity contribution in [3.05, 3.63) is 106 Å². The van der Waals surface area contributed by atoms with Crippen molar-refractivity contribution < 1.29 is 18.4 Å². The molecule has 3 aromatic rings. The average Bonchev–Trinajstić information content (AvgIpc) is 2.88. The zero-order valence-electron chi connectivity index (χ0n) is 20.1. The molecule has 4 nitrogen and oxygen atoms in total. The highest BCUT2D eigenvalue weighted by molar-refractivity contribution is 7.99. The highest BCUT2D eigenvalue weighted by Gasteiger charge is 2.30. The number of halogens is 3. The molecule has 0 aliphatic carbocycles. The van der Waals surface area contributed by atoms with Crippen molar-refractivity contribution in [2.24, 2.45) is 0 Å². The fourth-order valence-electron chi connectivity index (χ4n) is 3.70. The van der Waals surface area contributed by atoms with Crippen LogP contribution in [0.25, 0.3) is 0 Å². The highest BCUT2D eigenvalue weighted by Crippen LogP contribution is 2.25. The number of carbonyl (C=O) groups is 2. The van der Waals surface area contributed by atoms with E-state index >= 15 is 0 Å². The van der Waals surface area contributed by atoms with E-state index in [1.165, 1.54) is 40.9 Å². The monoisotopic (exact) mass is 530 g/mol. The average molecular weight is 531 g/mol. The third kappa shape index (κ3) is 8.07. The van der Waals surface area contributed by atoms with E-state index in [0.717, 1.165) is 12.0 Å². The number of benzene rings is 3. The molecule has 0 bridgehead atoms. The largest absolute Gasteiger partial charge is 0.354 e. The molecule has 3 rings (SSSR count). The molecule has 36 heavy (non-hydrogen) atoms. The standard InChI is InChI=1S/C28H29ClF2N2O2S/c1-2-15-32-28(35)26(16-20-7-4-3-5-8-20)33(17-21-11-13-22(30)14-12-21)27(34)19-36-18-23-24(29)9-6-10-25(23)31/h3-14,26H,2,15-19H2,1H3,(H,32,35). The molecule has 2 amide bonds. The Hall–Kier alpha value is -2.90. The van der Waals surface area contributed by atoms with Gasteiger partial charge in [0.25, 0.3) is 0 Å². The zero-order valence-corrected chi connectivity index (χ0v) is 21.6. The van der Waals surface area contributed by atoms with Gasteiger partial charge in [0.2, 0.25) is 11.8 Å². The normalized spacial score (nSPS) is 11.7. The van der Waals surface area contributed by atoms with Crippen molar-refractivity contribution in [3.63, 3.8) is 0 Å². The topological polar surface area (TPSA) is 49.4 Å². The van der Waals surface area contributed by atoms with Gasteiger partial charge in [0, 0.05) is 35.8 Å². The number of carbonyl (C=O) groups excluding carboxylic acids is 2. The molecular weight excluding hydrogens is 502 g/mol. The quantitative estimate of drug-likeness (QED) is 0.311. The van der Waals surface area contributed by atoms with E-state index in [4.69, 9.17) is 11.6 Å². The summed E-state index contributed by atoms with van der Waals surface area (Å²) in [5, 5.41) is 3.22. The predicted molar refractivity (Wildman–Crippen MR) is 142 cm³/mol. The fraction of sp³-hybridized carbons (Fsp3) is 0.286. The van der Waals surface area contributed by atoms with Crippen LogP contribution in [0.1, 0.15) is 30.0 Å². The third-order valence-electron chi connectivity index (χ3n) is 5.62.